The first kappa shape index (κ1) is 18.5. The molecule has 1 saturated heterocycles. The van der Waals surface area contributed by atoms with Crippen LogP contribution in [0.4, 0.5) is 0 Å². The van der Waals surface area contributed by atoms with Gasteiger partial charge in [-0.1, -0.05) is 31.5 Å². The van der Waals surface area contributed by atoms with Gasteiger partial charge in [-0.15, -0.1) is 0 Å². The second-order valence-corrected chi connectivity index (χ2v) is 7.02. The number of likely N-dealkylation sites (tertiary alicyclic amines) is 1. The quantitative estimate of drug-likeness (QED) is 0.869. The smallest absolute Gasteiger partial charge is 0.251 e. The average Bonchev–Trinajstić information content (AvgIpc) is 2.55. The van der Waals surface area contributed by atoms with E-state index in [1.807, 2.05) is 49.9 Å². The van der Waals surface area contributed by atoms with E-state index in [-0.39, 0.29) is 17.9 Å². The van der Waals surface area contributed by atoms with Crippen molar-refractivity contribution >= 4 is 11.8 Å². The van der Waals surface area contributed by atoms with Crippen molar-refractivity contribution in [3.63, 3.8) is 0 Å². The molecule has 1 unspecified atom stereocenters. The molecule has 0 aromatic heterocycles. The summed E-state index contributed by atoms with van der Waals surface area (Å²) in [4.78, 5) is 26.7. The minimum atomic E-state index is -0.786. The zero-order chi connectivity index (χ0) is 17.7. The fraction of sp³-hybridized carbons (Fsp3) is 0.579. The van der Waals surface area contributed by atoms with Crippen molar-refractivity contribution in [3.8, 4) is 0 Å². The number of carbonyl (C=O) groups excluding carboxylic acids is 2. The zero-order valence-corrected chi connectivity index (χ0v) is 15.0. The predicted octanol–water partition coefficient (Wildman–Crippen LogP) is 2.23. The molecular weight excluding hydrogens is 302 g/mol. The minimum absolute atomic E-state index is 0.0213. The van der Waals surface area contributed by atoms with Crippen LogP contribution in [-0.2, 0) is 4.79 Å². The van der Waals surface area contributed by atoms with E-state index in [1.54, 1.807) is 0 Å². The first-order chi connectivity index (χ1) is 11.3. The topological polar surface area (TPSA) is 75.4 Å². The molecule has 0 aliphatic carbocycles. The second-order valence-electron chi connectivity index (χ2n) is 7.02. The summed E-state index contributed by atoms with van der Waals surface area (Å²) in [6.45, 7) is 7.07. The molecule has 1 fully saturated rings. The standard InChI is InChI=1S/C19H29N3O2/c1-4-11-19(3,20)18(24)22-12-9-15(10-13-22)21-17(23)16-8-6-5-7-14(16)2/h5-8,15H,4,9-13,20H2,1-3H3,(H,21,23). The van der Waals surface area contributed by atoms with Crippen molar-refractivity contribution in [1.29, 1.82) is 0 Å². The second kappa shape index (κ2) is 7.79. The molecule has 0 radical (unpaired) electrons. The summed E-state index contributed by atoms with van der Waals surface area (Å²) < 4.78 is 0. The van der Waals surface area contributed by atoms with Crippen molar-refractivity contribution in [2.24, 2.45) is 5.73 Å². The van der Waals surface area contributed by atoms with Crippen molar-refractivity contribution < 1.29 is 9.59 Å². The van der Waals surface area contributed by atoms with Crippen LogP contribution in [-0.4, -0.2) is 41.4 Å². The lowest BCUT2D eigenvalue weighted by atomic mass is 9.94. The number of rotatable bonds is 5. The number of amides is 2. The monoisotopic (exact) mass is 331 g/mol. The lowest BCUT2D eigenvalue weighted by molar-refractivity contribution is -0.137. The van der Waals surface area contributed by atoms with Gasteiger partial charge in [-0.25, -0.2) is 0 Å². The number of nitrogens with one attached hydrogen (secondary N) is 1. The van der Waals surface area contributed by atoms with Gasteiger partial charge in [-0.3, -0.25) is 9.59 Å². The normalized spacial score (nSPS) is 18.1. The molecule has 1 aliphatic rings. The van der Waals surface area contributed by atoms with Gasteiger partial charge in [0.05, 0.1) is 5.54 Å². The summed E-state index contributed by atoms with van der Waals surface area (Å²) in [6, 6.07) is 7.69. The molecule has 2 amide bonds. The molecule has 1 aliphatic heterocycles. The van der Waals surface area contributed by atoms with Gasteiger partial charge >= 0.3 is 0 Å². The highest BCUT2D eigenvalue weighted by atomic mass is 16.2. The number of aryl methyl sites for hydroxylation is 1. The molecule has 132 valence electrons. The molecule has 5 nitrogen and oxygen atoms in total. The fourth-order valence-corrected chi connectivity index (χ4v) is 3.31. The molecule has 0 saturated carbocycles. The first-order valence-electron chi connectivity index (χ1n) is 8.80. The highest BCUT2D eigenvalue weighted by molar-refractivity contribution is 5.95. The Bertz CT molecular complexity index is 590. The minimum Gasteiger partial charge on any atom is -0.349 e. The summed E-state index contributed by atoms with van der Waals surface area (Å²) in [7, 11) is 0. The Labute approximate surface area is 144 Å². The van der Waals surface area contributed by atoms with Crippen molar-refractivity contribution in [3.05, 3.63) is 35.4 Å². The van der Waals surface area contributed by atoms with Gasteiger partial charge in [0.15, 0.2) is 0 Å². The number of piperidine rings is 1. The van der Waals surface area contributed by atoms with Crippen LogP contribution in [0.15, 0.2) is 24.3 Å². The summed E-state index contributed by atoms with van der Waals surface area (Å²) in [6.07, 6.45) is 3.12. The fourth-order valence-electron chi connectivity index (χ4n) is 3.31. The Morgan fingerprint density at radius 1 is 1.29 bits per heavy atom. The van der Waals surface area contributed by atoms with E-state index in [0.29, 0.717) is 25.1 Å². The van der Waals surface area contributed by atoms with Crippen molar-refractivity contribution in [2.45, 2.75) is 58.0 Å². The van der Waals surface area contributed by atoms with E-state index in [4.69, 9.17) is 5.73 Å². The summed E-state index contributed by atoms with van der Waals surface area (Å²) in [5.41, 5.74) is 7.05. The van der Waals surface area contributed by atoms with Gasteiger partial charge in [0.1, 0.15) is 0 Å². The van der Waals surface area contributed by atoms with Crippen LogP contribution in [0.3, 0.4) is 0 Å². The summed E-state index contributed by atoms with van der Waals surface area (Å²) in [5, 5.41) is 3.09. The summed E-state index contributed by atoms with van der Waals surface area (Å²) >= 11 is 0. The van der Waals surface area contributed by atoms with Gasteiger partial charge in [0.2, 0.25) is 5.91 Å². The molecule has 2 rings (SSSR count). The van der Waals surface area contributed by atoms with Gasteiger partial charge in [0.25, 0.3) is 5.91 Å². The number of nitrogens with zero attached hydrogens (tertiary/aromatic N) is 1. The third kappa shape index (κ3) is 4.35. The van der Waals surface area contributed by atoms with E-state index >= 15 is 0 Å². The maximum absolute atomic E-state index is 12.5. The van der Waals surface area contributed by atoms with Gasteiger partial charge in [0, 0.05) is 24.7 Å². The third-order valence-electron chi connectivity index (χ3n) is 4.76. The molecule has 5 heteroatoms. The highest BCUT2D eigenvalue weighted by Gasteiger charge is 2.34. The number of hydrogen-bond donors (Lipinski definition) is 2. The van der Waals surface area contributed by atoms with E-state index in [9.17, 15) is 9.59 Å². The summed E-state index contributed by atoms with van der Waals surface area (Å²) in [5.74, 6) is -0.0134. The number of nitrogens with two attached hydrogens (primary N) is 1. The largest absolute Gasteiger partial charge is 0.349 e. The molecule has 1 heterocycles. The Morgan fingerprint density at radius 2 is 1.92 bits per heavy atom. The molecule has 1 aromatic rings. The van der Waals surface area contributed by atoms with Crippen LogP contribution in [0, 0.1) is 6.92 Å². The van der Waals surface area contributed by atoms with E-state index < -0.39 is 5.54 Å². The van der Waals surface area contributed by atoms with Crippen LogP contribution in [0.5, 0.6) is 0 Å². The van der Waals surface area contributed by atoms with E-state index in [0.717, 1.165) is 24.8 Å². The molecule has 1 aromatic carbocycles. The Balaban J connectivity index is 1.88. The first-order valence-corrected chi connectivity index (χ1v) is 8.80. The predicted molar refractivity (Wildman–Crippen MR) is 95.7 cm³/mol. The number of benzene rings is 1. The molecule has 0 bridgehead atoms. The molecular formula is C19H29N3O2. The average molecular weight is 331 g/mol. The number of hydrogen-bond acceptors (Lipinski definition) is 3. The van der Waals surface area contributed by atoms with Crippen molar-refractivity contribution in [1.82, 2.24) is 10.2 Å². The Kier molecular flexibility index (Phi) is 5.99. The highest BCUT2D eigenvalue weighted by Crippen LogP contribution is 2.18. The van der Waals surface area contributed by atoms with Crippen LogP contribution in [0.2, 0.25) is 0 Å². The van der Waals surface area contributed by atoms with Gasteiger partial charge < -0.3 is 16.0 Å². The van der Waals surface area contributed by atoms with Crippen LogP contribution >= 0.6 is 0 Å². The molecule has 24 heavy (non-hydrogen) atoms. The van der Waals surface area contributed by atoms with E-state index in [2.05, 4.69) is 5.32 Å². The molecule has 0 spiro atoms. The maximum Gasteiger partial charge on any atom is 0.251 e. The van der Waals surface area contributed by atoms with Gasteiger partial charge in [-0.05, 0) is 44.7 Å². The van der Waals surface area contributed by atoms with Gasteiger partial charge in [-0.2, -0.15) is 0 Å². The lowest BCUT2D eigenvalue weighted by Crippen LogP contribution is -2.56. The third-order valence-corrected chi connectivity index (χ3v) is 4.76. The van der Waals surface area contributed by atoms with Crippen molar-refractivity contribution in [2.75, 3.05) is 13.1 Å². The Hall–Kier alpha value is -1.88. The molecule has 3 N–H and O–H groups in total. The molecule has 1 atom stereocenters. The number of carbonyl (C=O) groups is 2. The maximum atomic E-state index is 12.5. The van der Waals surface area contributed by atoms with E-state index in [1.165, 1.54) is 0 Å². The SMILES string of the molecule is CCCC(C)(N)C(=O)N1CCC(NC(=O)c2ccccc2C)CC1. The zero-order valence-electron chi connectivity index (χ0n) is 15.0. The Morgan fingerprint density at radius 3 is 2.50 bits per heavy atom. The van der Waals surface area contributed by atoms with Crippen LogP contribution in [0.25, 0.3) is 0 Å². The van der Waals surface area contributed by atoms with Crippen LogP contribution < -0.4 is 11.1 Å². The lowest BCUT2D eigenvalue weighted by Gasteiger charge is -2.37. The van der Waals surface area contributed by atoms with Crippen LogP contribution in [0.1, 0.15) is 55.5 Å².